The lowest BCUT2D eigenvalue weighted by molar-refractivity contribution is -0.384. The zero-order chi connectivity index (χ0) is 24.1. The Morgan fingerprint density at radius 1 is 1.06 bits per heavy atom. The summed E-state index contributed by atoms with van der Waals surface area (Å²) < 4.78 is 5.19. The molecular weight excluding hydrogens is 436 g/mol. The van der Waals surface area contributed by atoms with E-state index in [-0.39, 0.29) is 29.5 Å². The van der Waals surface area contributed by atoms with E-state index < -0.39 is 4.92 Å². The van der Waals surface area contributed by atoms with Gasteiger partial charge < -0.3 is 15.0 Å². The maximum Gasteiger partial charge on any atom is 0.270 e. The van der Waals surface area contributed by atoms with Crippen molar-refractivity contribution in [1.82, 2.24) is 9.80 Å². The van der Waals surface area contributed by atoms with Gasteiger partial charge in [-0.1, -0.05) is 18.9 Å². The average molecular weight is 467 g/mol. The van der Waals surface area contributed by atoms with Gasteiger partial charge in [0.1, 0.15) is 5.75 Å². The number of nitro benzene ring substituents is 1. The molecule has 0 bridgehead atoms. The number of piperazine rings is 1. The molecule has 2 amide bonds. The Balaban J connectivity index is 1.42. The fraction of sp³-hybridized carbons (Fsp3) is 0.440. The number of amides is 2. The normalized spacial score (nSPS) is 17.9. The number of carbonyl (C=O) groups excluding carboxylic acids is 2. The van der Waals surface area contributed by atoms with Crippen LogP contribution in [0.15, 0.2) is 48.5 Å². The van der Waals surface area contributed by atoms with Gasteiger partial charge in [-0.25, -0.2) is 0 Å². The van der Waals surface area contributed by atoms with Gasteiger partial charge in [-0.15, -0.1) is 0 Å². The van der Waals surface area contributed by atoms with Crippen molar-refractivity contribution in [3.05, 3.63) is 64.2 Å². The van der Waals surface area contributed by atoms with Crippen LogP contribution >= 0.6 is 0 Å². The number of nitrogens with zero attached hydrogens (tertiary/aromatic N) is 3. The number of ether oxygens (including phenoxy) is 1. The van der Waals surface area contributed by atoms with E-state index in [4.69, 9.17) is 4.74 Å². The fourth-order valence-corrected chi connectivity index (χ4v) is 4.98. The Morgan fingerprint density at radius 2 is 1.74 bits per heavy atom. The third-order valence-electron chi connectivity index (χ3n) is 6.77. The summed E-state index contributed by atoms with van der Waals surface area (Å²) >= 11 is 0. The number of hydrogen-bond acceptors (Lipinski definition) is 6. The molecule has 1 atom stereocenters. The monoisotopic (exact) mass is 466 g/mol. The van der Waals surface area contributed by atoms with E-state index in [2.05, 4.69) is 10.2 Å². The van der Waals surface area contributed by atoms with Crippen LogP contribution in [0.4, 0.5) is 11.4 Å². The second-order valence-electron chi connectivity index (χ2n) is 8.84. The van der Waals surface area contributed by atoms with Gasteiger partial charge in [0, 0.05) is 49.6 Å². The van der Waals surface area contributed by atoms with Crippen LogP contribution in [-0.2, 0) is 4.79 Å². The van der Waals surface area contributed by atoms with Crippen LogP contribution in [0.1, 0.15) is 36.0 Å². The number of methoxy groups -OCH3 is 1. The van der Waals surface area contributed by atoms with E-state index in [1.807, 2.05) is 24.3 Å². The third-order valence-corrected chi connectivity index (χ3v) is 6.77. The van der Waals surface area contributed by atoms with E-state index in [9.17, 15) is 19.7 Å². The number of non-ortho nitro benzene ring substituents is 1. The molecule has 0 spiro atoms. The second kappa shape index (κ2) is 10.6. The van der Waals surface area contributed by atoms with Crippen molar-refractivity contribution in [1.29, 1.82) is 0 Å². The highest BCUT2D eigenvalue weighted by Gasteiger charge is 2.37. The molecule has 2 aromatic carbocycles. The van der Waals surface area contributed by atoms with Crippen molar-refractivity contribution >= 4 is 23.2 Å². The summed E-state index contributed by atoms with van der Waals surface area (Å²) in [6.45, 7) is 2.11. The number of nitro groups is 1. The molecule has 1 aliphatic carbocycles. The van der Waals surface area contributed by atoms with Crippen molar-refractivity contribution in [3.63, 3.8) is 0 Å². The summed E-state index contributed by atoms with van der Waals surface area (Å²) in [6.07, 6.45) is 4.30. The van der Waals surface area contributed by atoms with Gasteiger partial charge in [-0.3, -0.25) is 24.6 Å². The molecule has 0 aromatic heterocycles. The zero-order valence-electron chi connectivity index (χ0n) is 19.3. The molecule has 1 saturated carbocycles. The molecule has 1 saturated heterocycles. The van der Waals surface area contributed by atoms with E-state index in [0.29, 0.717) is 31.7 Å². The third kappa shape index (κ3) is 5.36. The molecule has 4 rings (SSSR count). The van der Waals surface area contributed by atoms with Gasteiger partial charge in [0.25, 0.3) is 11.6 Å². The Morgan fingerprint density at radius 3 is 2.35 bits per heavy atom. The molecule has 2 fully saturated rings. The van der Waals surface area contributed by atoms with Crippen molar-refractivity contribution < 1.29 is 19.2 Å². The molecule has 0 unspecified atom stereocenters. The molecule has 9 nitrogen and oxygen atoms in total. The van der Waals surface area contributed by atoms with Crippen molar-refractivity contribution in [2.75, 3.05) is 38.6 Å². The molecule has 1 heterocycles. The quantitative estimate of drug-likeness (QED) is 0.494. The molecule has 2 aromatic rings. The fourth-order valence-electron chi connectivity index (χ4n) is 4.98. The highest BCUT2D eigenvalue weighted by Crippen LogP contribution is 2.32. The Labute approximate surface area is 198 Å². The first kappa shape index (κ1) is 23.7. The maximum absolute atomic E-state index is 13.4. The largest absolute Gasteiger partial charge is 0.497 e. The average Bonchev–Trinajstić information content (AvgIpc) is 3.39. The first-order chi connectivity index (χ1) is 16.5. The number of anilines is 1. The van der Waals surface area contributed by atoms with Gasteiger partial charge in [0.05, 0.1) is 18.1 Å². The van der Waals surface area contributed by atoms with Crippen molar-refractivity contribution in [2.24, 2.45) is 5.92 Å². The maximum atomic E-state index is 13.4. The molecule has 2 aliphatic rings. The van der Waals surface area contributed by atoms with E-state index >= 15 is 0 Å². The van der Waals surface area contributed by atoms with Gasteiger partial charge >= 0.3 is 0 Å². The molecule has 0 radical (unpaired) electrons. The van der Waals surface area contributed by atoms with E-state index in [1.165, 1.54) is 18.2 Å². The summed E-state index contributed by atoms with van der Waals surface area (Å²) in [5, 5.41) is 14.1. The summed E-state index contributed by atoms with van der Waals surface area (Å²) in [6, 6.07) is 12.9. The first-order valence-electron chi connectivity index (χ1n) is 11.7. The SMILES string of the molecule is COc1ccc(NC(=O)[C@@H](C2CCCC2)N2CCN(C(=O)c3cccc([N+](=O)[O-])c3)CC2)cc1. The molecule has 34 heavy (non-hydrogen) atoms. The van der Waals surface area contributed by atoms with Crippen LogP contribution in [0.2, 0.25) is 0 Å². The number of benzene rings is 2. The second-order valence-corrected chi connectivity index (χ2v) is 8.84. The van der Waals surface area contributed by atoms with Crippen LogP contribution in [0.5, 0.6) is 5.75 Å². The molecule has 9 heteroatoms. The summed E-state index contributed by atoms with van der Waals surface area (Å²) in [4.78, 5) is 40.7. The smallest absolute Gasteiger partial charge is 0.270 e. The lowest BCUT2D eigenvalue weighted by Crippen LogP contribution is -2.56. The van der Waals surface area contributed by atoms with Gasteiger partial charge in [-0.05, 0) is 49.1 Å². The van der Waals surface area contributed by atoms with Crippen LogP contribution in [-0.4, -0.2) is 65.9 Å². The summed E-state index contributed by atoms with van der Waals surface area (Å²) in [7, 11) is 1.60. The zero-order valence-corrected chi connectivity index (χ0v) is 19.3. The van der Waals surface area contributed by atoms with Crippen LogP contribution in [0, 0.1) is 16.0 Å². The van der Waals surface area contributed by atoms with Crippen molar-refractivity contribution in [3.8, 4) is 5.75 Å². The van der Waals surface area contributed by atoms with Gasteiger partial charge in [0.15, 0.2) is 0 Å². The molecular formula is C25H30N4O5. The minimum atomic E-state index is -0.498. The molecule has 180 valence electrons. The minimum absolute atomic E-state index is 0.0180. The highest BCUT2D eigenvalue weighted by atomic mass is 16.6. The molecule has 1 aliphatic heterocycles. The standard InChI is InChI=1S/C25H30N4O5/c1-34-22-11-9-20(10-12-22)26-24(30)23(18-5-2-3-6-18)27-13-15-28(16-14-27)25(31)19-7-4-8-21(17-19)29(32)33/h4,7-12,17-18,23H,2-3,5-6,13-16H2,1H3,(H,26,30)/t23-/m1/s1. The van der Waals surface area contributed by atoms with Crippen LogP contribution in [0.25, 0.3) is 0 Å². The number of rotatable bonds is 7. The Kier molecular flexibility index (Phi) is 7.42. The first-order valence-corrected chi connectivity index (χ1v) is 11.7. The van der Waals surface area contributed by atoms with Gasteiger partial charge in [0.2, 0.25) is 5.91 Å². The number of nitrogens with one attached hydrogen (secondary N) is 1. The van der Waals surface area contributed by atoms with Crippen LogP contribution < -0.4 is 10.1 Å². The van der Waals surface area contributed by atoms with Crippen molar-refractivity contribution in [2.45, 2.75) is 31.7 Å². The summed E-state index contributed by atoms with van der Waals surface area (Å²) in [5.74, 6) is 0.783. The topological polar surface area (TPSA) is 105 Å². The lowest BCUT2D eigenvalue weighted by atomic mass is 9.94. The van der Waals surface area contributed by atoms with E-state index in [0.717, 1.165) is 37.1 Å². The Hall–Kier alpha value is -3.46. The summed E-state index contributed by atoms with van der Waals surface area (Å²) in [5.41, 5.74) is 0.946. The predicted molar refractivity (Wildman–Crippen MR) is 128 cm³/mol. The minimum Gasteiger partial charge on any atom is -0.497 e. The number of carbonyl (C=O) groups is 2. The molecule has 1 N–H and O–H groups in total. The van der Waals surface area contributed by atoms with Crippen LogP contribution in [0.3, 0.4) is 0 Å². The predicted octanol–water partition coefficient (Wildman–Crippen LogP) is 3.56. The van der Waals surface area contributed by atoms with Gasteiger partial charge in [-0.2, -0.15) is 0 Å². The Bertz CT molecular complexity index is 1030. The highest BCUT2D eigenvalue weighted by molar-refractivity contribution is 5.96. The lowest BCUT2D eigenvalue weighted by Gasteiger charge is -2.40. The number of hydrogen-bond donors (Lipinski definition) is 1. The van der Waals surface area contributed by atoms with E-state index in [1.54, 1.807) is 18.1 Å².